The van der Waals surface area contributed by atoms with Gasteiger partial charge in [-0.1, -0.05) is 25.1 Å². The zero-order chi connectivity index (χ0) is 15.3. The van der Waals surface area contributed by atoms with Crippen molar-refractivity contribution in [1.82, 2.24) is 10.2 Å². The van der Waals surface area contributed by atoms with Gasteiger partial charge < -0.3 is 10.1 Å². The molecule has 0 radical (unpaired) electrons. The van der Waals surface area contributed by atoms with Crippen molar-refractivity contribution in [2.24, 2.45) is 0 Å². The highest BCUT2D eigenvalue weighted by Crippen LogP contribution is 2.31. The molecule has 0 aliphatic carbocycles. The molecule has 3 heteroatoms. The summed E-state index contributed by atoms with van der Waals surface area (Å²) >= 11 is 0. The minimum Gasteiger partial charge on any atom is -0.496 e. The van der Waals surface area contributed by atoms with Crippen LogP contribution in [-0.4, -0.2) is 43.7 Å². The SMILES string of the molecule is CCC(C)(C(Cc1ccccc1OC)NC)N1CCCC1. The van der Waals surface area contributed by atoms with Gasteiger partial charge in [-0.2, -0.15) is 0 Å². The summed E-state index contributed by atoms with van der Waals surface area (Å²) in [7, 11) is 3.84. The number of likely N-dealkylation sites (tertiary alicyclic amines) is 1. The summed E-state index contributed by atoms with van der Waals surface area (Å²) < 4.78 is 5.52. The Kier molecular flexibility index (Phi) is 5.65. The second kappa shape index (κ2) is 7.28. The van der Waals surface area contributed by atoms with E-state index in [4.69, 9.17) is 4.74 Å². The van der Waals surface area contributed by atoms with Gasteiger partial charge in [0.05, 0.1) is 7.11 Å². The van der Waals surface area contributed by atoms with Gasteiger partial charge >= 0.3 is 0 Å². The first-order chi connectivity index (χ1) is 10.2. The van der Waals surface area contributed by atoms with E-state index in [1.54, 1.807) is 7.11 Å². The van der Waals surface area contributed by atoms with E-state index >= 15 is 0 Å². The first kappa shape index (κ1) is 16.3. The van der Waals surface area contributed by atoms with Crippen molar-refractivity contribution in [2.45, 2.75) is 51.1 Å². The maximum atomic E-state index is 5.52. The number of hydrogen-bond donors (Lipinski definition) is 1. The van der Waals surface area contributed by atoms with Crippen LogP contribution in [0.15, 0.2) is 24.3 Å². The van der Waals surface area contributed by atoms with Crippen LogP contribution in [0.5, 0.6) is 5.75 Å². The minimum absolute atomic E-state index is 0.200. The Bertz CT molecular complexity index is 443. The van der Waals surface area contributed by atoms with Crippen molar-refractivity contribution in [2.75, 3.05) is 27.2 Å². The second-order valence-corrected chi connectivity index (χ2v) is 6.26. The molecular weight excluding hydrogens is 260 g/mol. The van der Waals surface area contributed by atoms with Gasteiger partial charge in [0.25, 0.3) is 0 Å². The van der Waals surface area contributed by atoms with Crippen LogP contribution < -0.4 is 10.1 Å². The number of para-hydroxylation sites is 1. The lowest BCUT2D eigenvalue weighted by Crippen LogP contribution is -2.58. The molecule has 3 nitrogen and oxygen atoms in total. The molecule has 1 saturated heterocycles. The summed E-state index contributed by atoms with van der Waals surface area (Å²) in [5.74, 6) is 0.998. The van der Waals surface area contributed by atoms with Crippen molar-refractivity contribution >= 4 is 0 Å². The van der Waals surface area contributed by atoms with Crippen LogP contribution in [0.2, 0.25) is 0 Å². The van der Waals surface area contributed by atoms with Crippen LogP contribution in [0.3, 0.4) is 0 Å². The molecule has 1 N–H and O–H groups in total. The van der Waals surface area contributed by atoms with Crippen molar-refractivity contribution in [3.05, 3.63) is 29.8 Å². The van der Waals surface area contributed by atoms with Crippen LogP contribution in [0.1, 0.15) is 38.7 Å². The fourth-order valence-corrected chi connectivity index (χ4v) is 3.64. The Hall–Kier alpha value is -1.06. The van der Waals surface area contributed by atoms with Gasteiger partial charge in [-0.15, -0.1) is 0 Å². The molecule has 118 valence electrons. The fraction of sp³-hybridized carbons (Fsp3) is 0.667. The highest BCUT2D eigenvalue weighted by atomic mass is 16.5. The smallest absolute Gasteiger partial charge is 0.122 e. The molecule has 1 aliphatic rings. The molecule has 1 aromatic rings. The lowest BCUT2D eigenvalue weighted by Gasteiger charge is -2.44. The number of nitrogens with zero attached hydrogens (tertiary/aromatic N) is 1. The van der Waals surface area contributed by atoms with E-state index in [9.17, 15) is 0 Å². The summed E-state index contributed by atoms with van der Waals surface area (Å²) in [6.45, 7) is 7.18. The molecule has 0 spiro atoms. The van der Waals surface area contributed by atoms with Crippen molar-refractivity contribution in [1.29, 1.82) is 0 Å². The van der Waals surface area contributed by atoms with E-state index in [1.165, 1.54) is 31.5 Å². The predicted octanol–water partition coefficient (Wildman–Crippen LogP) is 3.09. The zero-order valence-electron chi connectivity index (χ0n) is 14.0. The lowest BCUT2D eigenvalue weighted by atomic mass is 9.83. The summed E-state index contributed by atoms with van der Waals surface area (Å²) in [5.41, 5.74) is 1.49. The maximum absolute atomic E-state index is 5.52. The second-order valence-electron chi connectivity index (χ2n) is 6.26. The molecule has 2 atom stereocenters. The number of nitrogens with one attached hydrogen (secondary N) is 1. The third-order valence-electron chi connectivity index (χ3n) is 5.26. The van der Waals surface area contributed by atoms with E-state index in [1.807, 2.05) is 6.07 Å². The van der Waals surface area contributed by atoms with Gasteiger partial charge in [0.2, 0.25) is 0 Å². The average Bonchev–Trinajstić information content (AvgIpc) is 3.07. The fourth-order valence-electron chi connectivity index (χ4n) is 3.64. The number of benzene rings is 1. The average molecular weight is 290 g/mol. The standard InChI is InChI=1S/C18H30N2O/c1-5-18(2,20-12-8-9-13-20)17(19-3)14-15-10-6-7-11-16(15)21-4/h6-7,10-11,17,19H,5,8-9,12-14H2,1-4H3. The summed E-state index contributed by atoms with van der Waals surface area (Å²) in [4.78, 5) is 2.67. The number of methoxy groups -OCH3 is 1. The Balaban J connectivity index is 2.21. The Morgan fingerprint density at radius 2 is 1.95 bits per heavy atom. The first-order valence-corrected chi connectivity index (χ1v) is 8.20. The number of rotatable bonds is 7. The number of hydrogen-bond acceptors (Lipinski definition) is 3. The van der Waals surface area contributed by atoms with Crippen LogP contribution in [0.4, 0.5) is 0 Å². The molecule has 0 saturated carbocycles. The molecule has 0 bridgehead atoms. The molecule has 1 aromatic carbocycles. The van der Waals surface area contributed by atoms with Gasteiger partial charge in [0, 0.05) is 11.6 Å². The molecule has 1 heterocycles. The lowest BCUT2D eigenvalue weighted by molar-refractivity contribution is 0.0870. The van der Waals surface area contributed by atoms with E-state index in [0.717, 1.165) is 18.6 Å². The van der Waals surface area contributed by atoms with Gasteiger partial charge in [-0.3, -0.25) is 4.90 Å². The van der Waals surface area contributed by atoms with Crippen LogP contribution in [0, 0.1) is 0 Å². The molecule has 0 aromatic heterocycles. The van der Waals surface area contributed by atoms with Crippen LogP contribution in [0.25, 0.3) is 0 Å². The third-order valence-corrected chi connectivity index (χ3v) is 5.26. The predicted molar refractivity (Wildman–Crippen MR) is 89.0 cm³/mol. The number of ether oxygens (including phenoxy) is 1. The van der Waals surface area contributed by atoms with Crippen molar-refractivity contribution in [3.63, 3.8) is 0 Å². The van der Waals surface area contributed by atoms with Crippen LogP contribution in [-0.2, 0) is 6.42 Å². The molecule has 1 aliphatic heterocycles. The number of likely N-dealkylation sites (N-methyl/N-ethyl adjacent to an activating group) is 1. The normalized spacial score (nSPS) is 20.2. The van der Waals surface area contributed by atoms with Crippen LogP contribution >= 0.6 is 0 Å². The van der Waals surface area contributed by atoms with Gasteiger partial charge in [0.15, 0.2) is 0 Å². The highest BCUT2D eigenvalue weighted by molar-refractivity contribution is 5.34. The van der Waals surface area contributed by atoms with E-state index in [-0.39, 0.29) is 5.54 Å². The van der Waals surface area contributed by atoms with Crippen molar-refractivity contribution < 1.29 is 4.74 Å². The Labute approximate surface area is 129 Å². The van der Waals surface area contributed by atoms with Gasteiger partial charge in [-0.25, -0.2) is 0 Å². The molecule has 2 unspecified atom stereocenters. The summed E-state index contributed by atoms with van der Waals surface area (Å²) in [5, 5.41) is 3.57. The highest BCUT2D eigenvalue weighted by Gasteiger charge is 2.38. The maximum Gasteiger partial charge on any atom is 0.122 e. The molecule has 21 heavy (non-hydrogen) atoms. The quantitative estimate of drug-likeness (QED) is 0.835. The summed E-state index contributed by atoms with van der Waals surface area (Å²) in [6, 6.07) is 8.81. The molecular formula is C18H30N2O. The summed E-state index contributed by atoms with van der Waals surface area (Å²) in [6.07, 6.45) is 4.83. The van der Waals surface area contributed by atoms with E-state index in [2.05, 4.69) is 49.3 Å². The molecule has 2 rings (SSSR count). The zero-order valence-corrected chi connectivity index (χ0v) is 14.0. The monoisotopic (exact) mass is 290 g/mol. The van der Waals surface area contributed by atoms with E-state index < -0.39 is 0 Å². The van der Waals surface area contributed by atoms with E-state index in [0.29, 0.717) is 6.04 Å². The Morgan fingerprint density at radius 3 is 2.52 bits per heavy atom. The largest absolute Gasteiger partial charge is 0.496 e. The molecule has 1 fully saturated rings. The first-order valence-electron chi connectivity index (χ1n) is 8.20. The third kappa shape index (κ3) is 3.41. The Morgan fingerprint density at radius 1 is 1.29 bits per heavy atom. The van der Waals surface area contributed by atoms with Gasteiger partial charge in [0.1, 0.15) is 5.75 Å². The van der Waals surface area contributed by atoms with Crippen molar-refractivity contribution in [3.8, 4) is 5.75 Å². The van der Waals surface area contributed by atoms with Gasteiger partial charge in [-0.05, 0) is 64.4 Å². The molecule has 0 amide bonds. The topological polar surface area (TPSA) is 24.5 Å². The minimum atomic E-state index is 0.200.